The molecule has 0 aliphatic carbocycles. The van der Waals surface area contributed by atoms with Gasteiger partial charge in [-0.1, -0.05) is 48.5 Å². The van der Waals surface area contributed by atoms with Crippen molar-refractivity contribution < 1.29 is 0 Å². The first-order chi connectivity index (χ1) is 8.85. The molecule has 0 saturated heterocycles. The molecule has 2 nitrogen and oxygen atoms in total. The van der Waals surface area contributed by atoms with Crippen LogP contribution in [0.5, 0.6) is 0 Å². The van der Waals surface area contributed by atoms with Crippen LogP contribution in [0.2, 0.25) is 0 Å². The van der Waals surface area contributed by atoms with Crippen LogP contribution in [0, 0.1) is 16.7 Å². The summed E-state index contributed by atoms with van der Waals surface area (Å²) in [5.74, 6) is 1.86. The highest BCUT2D eigenvalue weighted by Crippen LogP contribution is 2.27. The average Bonchev–Trinajstić information content (AvgIpc) is 2.19. The lowest BCUT2D eigenvalue weighted by Gasteiger charge is -2.37. The Kier molecular flexibility index (Phi) is 7.27. The third-order valence-electron chi connectivity index (χ3n) is 3.65. The van der Waals surface area contributed by atoms with E-state index in [2.05, 4.69) is 72.2 Å². The molecule has 0 bridgehead atoms. The van der Waals surface area contributed by atoms with Crippen molar-refractivity contribution in [2.45, 2.75) is 81.2 Å². The summed E-state index contributed by atoms with van der Waals surface area (Å²) in [6.07, 6.45) is 2.45. The zero-order chi connectivity index (χ0) is 16.1. The lowest BCUT2D eigenvalue weighted by molar-refractivity contribution is 0.194. The molecule has 0 aliphatic rings. The molecule has 0 aromatic rings. The Hall–Kier alpha value is -0.530. The number of nitrogens with zero attached hydrogens (tertiary/aromatic N) is 2. The maximum atomic E-state index is 4.43. The maximum absolute atomic E-state index is 4.43. The van der Waals surface area contributed by atoms with Crippen LogP contribution in [-0.4, -0.2) is 30.4 Å². The SMILES string of the molecule is CN=C(C)N(CC(C)CC(C)(C)C)C(C)CC(C)(C)C. The fraction of sp³-hybridized carbons (Fsp3) is 0.944. The summed E-state index contributed by atoms with van der Waals surface area (Å²) < 4.78 is 0. The van der Waals surface area contributed by atoms with Crippen molar-refractivity contribution in [2.75, 3.05) is 13.6 Å². The van der Waals surface area contributed by atoms with E-state index < -0.39 is 0 Å². The summed E-state index contributed by atoms with van der Waals surface area (Å²) >= 11 is 0. The van der Waals surface area contributed by atoms with E-state index in [1.165, 1.54) is 18.7 Å². The Balaban J connectivity index is 4.82. The first-order valence-electron chi connectivity index (χ1n) is 8.06. The first kappa shape index (κ1) is 19.5. The third-order valence-corrected chi connectivity index (χ3v) is 3.65. The number of rotatable bonds is 5. The zero-order valence-electron chi connectivity index (χ0n) is 15.7. The molecule has 2 heteroatoms. The van der Waals surface area contributed by atoms with Gasteiger partial charge in [-0.25, -0.2) is 0 Å². The zero-order valence-corrected chi connectivity index (χ0v) is 15.7. The van der Waals surface area contributed by atoms with Gasteiger partial charge >= 0.3 is 0 Å². The Bertz CT molecular complexity index is 304. The molecular formula is C18H38N2. The molecule has 0 heterocycles. The smallest absolute Gasteiger partial charge is 0.0956 e. The summed E-state index contributed by atoms with van der Waals surface area (Å²) in [4.78, 5) is 6.93. The van der Waals surface area contributed by atoms with Gasteiger partial charge in [0, 0.05) is 19.6 Å². The Morgan fingerprint density at radius 1 is 0.950 bits per heavy atom. The number of hydrogen-bond donors (Lipinski definition) is 0. The minimum Gasteiger partial charge on any atom is -0.358 e. The maximum Gasteiger partial charge on any atom is 0.0956 e. The largest absolute Gasteiger partial charge is 0.358 e. The Morgan fingerprint density at radius 2 is 1.40 bits per heavy atom. The van der Waals surface area contributed by atoms with Crippen LogP contribution in [0.1, 0.15) is 75.2 Å². The van der Waals surface area contributed by atoms with Gasteiger partial charge in [0.15, 0.2) is 0 Å². The summed E-state index contributed by atoms with van der Waals surface area (Å²) in [7, 11) is 1.90. The van der Waals surface area contributed by atoms with Crippen LogP contribution >= 0.6 is 0 Å². The van der Waals surface area contributed by atoms with E-state index >= 15 is 0 Å². The van der Waals surface area contributed by atoms with Crippen molar-refractivity contribution in [3.05, 3.63) is 0 Å². The normalized spacial score (nSPS) is 17.0. The lowest BCUT2D eigenvalue weighted by atomic mass is 9.84. The summed E-state index contributed by atoms with van der Waals surface area (Å²) in [6, 6.07) is 0.543. The molecule has 0 N–H and O–H groups in total. The molecule has 0 fully saturated rings. The van der Waals surface area contributed by atoms with Crippen LogP contribution in [0.25, 0.3) is 0 Å². The summed E-state index contributed by atoms with van der Waals surface area (Å²) in [5, 5.41) is 0. The predicted molar refractivity (Wildman–Crippen MR) is 92.5 cm³/mol. The second-order valence-corrected chi connectivity index (χ2v) is 8.91. The Morgan fingerprint density at radius 3 is 1.75 bits per heavy atom. The van der Waals surface area contributed by atoms with E-state index in [4.69, 9.17) is 0 Å². The van der Waals surface area contributed by atoms with E-state index in [0.717, 1.165) is 6.54 Å². The van der Waals surface area contributed by atoms with Crippen LogP contribution in [-0.2, 0) is 0 Å². The molecule has 2 unspecified atom stereocenters. The van der Waals surface area contributed by atoms with Gasteiger partial charge in [0.25, 0.3) is 0 Å². The van der Waals surface area contributed by atoms with Crippen molar-refractivity contribution in [1.29, 1.82) is 0 Å². The van der Waals surface area contributed by atoms with Gasteiger partial charge in [-0.05, 0) is 43.4 Å². The van der Waals surface area contributed by atoms with Crippen LogP contribution in [0.4, 0.5) is 0 Å². The van der Waals surface area contributed by atoms with E-state index in [9.17, 15) is 0 Å². The van der Waals surface area contributed by atoms with Gasteiger partial charge in [-0.2, -0.15) is 0 Å². The Labute approximate surface area is 128 Å². The van der Waals surface area contributed by atoms with Crippen molar-refractivity contribution in [2.24, 2.45) is 21.7 Å². The van der Waals surface area contributed by atoms with E-state index in [1.54, 1.807) is 0 Å². The van der Waals surface area contributed by atoms with E-state index in [0.29, 0.717) is 22.8 Å². The van der Waals surface area contributed by atoms with Crippen molar-refractivity contribution >= 4 is 5.84 Å². The number of amidine groups is 1. The van der Waals surface area contributed by atoms with E-state index in [1.807, 2.05) is 7.05 Å². The molecule has 0 radical (unpaired) electrons. The van der Waals surface area contributed by atoms with Crippen molar-refractivity contribution in [3.8, 4) is 0 Å². The quantitative estimate of drug-likeness (QED) is 0.498. The van der Waals surface area contributed by atoms with Crippen LogP contribution < -0.4 is 0 Å². The molecule has 120 valence electrons. The summed E-state index contributed by atoms with van der Waals surface area (Å²) in [6.45, 7) is 21.9. The minimum atomic E-state index is 0.360. The third kappa shape index (κ3) is 8.60. The number of hydrogen-bond acceptors (Lipinski definition) is 1. The van der Waals surface area contributed by atoms with Gasteiger partial charge < -0.3 is 4.90 Å². The molecule has 0 amide bonds. The fourth-order valence-electron chi connectivity index (χ4n) is 3.20. The van der Waals surface area contributed by atoms with Gasteiger partial charge in [0.2, 0.25) is 0 Å². The van der Waals surface area contributed by atoms with Crippen molar-refractivity contribution in [3.63, 3.8) is 0 Å². The molecular weight excluding hydrogens is 244 g/mol. The van der Waals surface area contributed by atoms with Crippen molar-refractivity contribution in [1.82, 2.24) is 4.90 Å². The van der Waals surface area contributed by atoms with Crippen LogP contribution in [0.3, 0.4) is 0 Å². The topological polar surface area (TPSA) is 15.6 Å². The molecule has 0 aliphatic heterocycles. The highest BCUT2D eigenvalue weighted by Gasteiger charge is 2.24. The predicted octanol–water partition coefficient (Wildman–Crippen LogP) is 5.23. The highest BCUT2D eigenvalue weighted by atomic mass is 15.2. The molecule has 0 spiro atoms. The van der Waals surface area contributed by atoms with Gasteiger partial charge in [0.1, 0.15) is 0 Å². The second kappa shape index (κ2) is 7.47. The van der Waals surface area contributed by atoms with Crippen LogP contribution in [0.15, 0.2) is 4.99 Å². The molecule has 0 rings (SSSR count). The highest BCUT2D eigenvalue weighted by molar-refractivity contribution is 5.79. The molecule has 0 saturated carbocycles. The van der Waals surface area contributed by atoms with E-state index in [-0.39, 0.29) is 0 Å². The van der Waals surface area contributed by atoms with Gasteiger partial charge in [0.05, 0.1) is 5.84 Å². The molecule has 0 aromatic heterocycles. The van der Waals surface area contributed by atoms with Gasteiger partial charge in [-0.15, -0.1) is 0 Å². The second-order valence-electron chi connectivity index (χ2n) is 8.91. The summed E-state index contributed by atoms with van der Waals surface area (Å²) in [5.41, 5.74) is 0.758. The molecule has 20 heavy (non-hydrogen) atoms. The molecule has 0 aromatic carbocycles. The standard InChI is InChI=1S/C18H38N2/c1-14(11-17(4,5)6)13-20(16(3)19-10)15(2)12-18(7,8)9/h14-15H,11-13H2,1-10H3. The number of aliphatic imine (C=N–C) groups is 1. The average molecular weight is 283 g/mol. The molecule has 2 atom stereocenters. The fourth-order valence-corrected chi connectivity index (χ4v) is 3.20. The lowest BCUT2D eigenvalue weighted by Crippen LogP contribution is -2.42. The minimum absolute atomic E-state index is 0.360. The van der Waals surface area contributed by atoms with Gasteiger partial charge in [-0.3, -0.25) is 4.99 Å². The first-order valence-corrected chi connectivity index (χ1v) is 8.06. The monoisotopic (exact) mass is 282 g/mol.